The first-order chi connectivity index (χ1) is 24.0. The van der Waals surface area contributed by atoms with Gasteiger partial charge in [0.05, 0.1) is 12.1 Å². The third kappa shape index (κ3) is 11.7. The van der Waals surface area contributed by atoms with Gasteiger partial charge in [0.15, 0.2) is 0 Å². The molecule has 15 heteroatoms. The van der Waals surface area contributed by atoms with E-state index in [0.717, 1.165) is 23.8 Å². The number of nitrogens with zero attached hydrogens (tertiary/aromatic N) is 2. The topological polar surface area (TPSA) is 204 Å². The van der Waals surface area contributed by atoms with Crippen molar-refractivity contribution in [1.82, 2.24) is 20.1 Å². The molecular weight excluding hydrogens is 668 g/mol. The van der Waals surface area contributed by atoms with Gasteiger partial charge in [-0.05, 0) is 48.1 Å². The Balaban J connectivity index is 1.82. The summed E-state index contributed by atoms with van der Waals surface area (Å²) in [7, 11) is 0. The predicted molar refractivity (Wildman–Crippen MR) is 183 cm³/mol. The molecule has 3 atom stereocenters. The lowest BCUT2D eigenvalue weighted by Gasteiger charge is -2.41. The second-order valence-electron chi connectivity index (χ2n) is 13.2. The Bertz CT molecular complexity index is 1690. The second kappa shape index (κ2) is 18.2. The summed E-state index contributed by atoms with van der Waals surface area (Å²) < 4.78 is 31.1. The van der Waals surface area contributed by atoms with Crippen molar-refractivity contribution < 1.29 is 48.1 Å². The largest absolute Gasteiger partial charge is 0.481 e. The number of amides is 3. The van der Waals surface area contributed by atoms with Gasteiger partial charge in [0.25, 0.3) is 0 Å². The highest BCUT2D eigenvalue weighted by atomic mass is 19.1. The fourth-order valence-corrected chi connectivity index (χ4v) is 5.73. The molecule has 0 saturated carbocycles. The maximum Gasteiger partial charge on any atom is 0.326 e. The number of hydrogen-bond acceptors (Lipinski definition) is 7. The van der Waals surface area contributed by atoms with Crippen molar-refractivity contribution in [3.8, 4) is 11.1 Å². The molecule has 3 amide bonds. The first-order valence-electron chi connectivity index (χ1n) is 16.4. The van der Waals surface area contributed by atoms with Crippen molar-refractivity contribution in [2.75, 3.05) is 19.7 Å². The van der Waals surface area contributed by atoms with Gasteiger partial charge >= 0.3 is 11.9 Å². The highest BCUT2D eigenvalue weighted by Crippen LogP contribution is 2.41. The lowest BCUT2D eigenvalue weighted by Crippen LogP contribution is -2.48. The molecule has 0 radical (unpaired) electrons. The van der Waals surface area contributed by atoms with Crippen LogP contribution >= 0.6 is 0 Å². The number of rotatable bonds is 18. The minimum atomic E-state index is -1.41. The summed E-state index contributed by atoms with van der Waals surface area (Å²) in [6.07, 6.45) is 0.549. The molecular formula is C36H45F2N5O8. The van der Waals surface area contributed by atoms with Gasteiger partial charge in [-0.1, -0.05) is 51.1 Å². The van der Waals surface area contributed by atoms with E-state index < -0.39 is 77.9 Å². The highest BCUT2D eigenvalue weighted by Gasteiger charge is 2.37. The van der Waals surface area contributed by atoms with Crippen molar-refractivity contribution in [3.63, 3.8) is 0 Å². The van der Waals surface area contributed by atoms with E-state index in [0.29, 0.717) is 17.8 Å². The Morgan fingerprint density at radius 1 is 0.961 bits per heavy atom. The summed E-state index contributed by atoms with van der Waals surface area (Å²) in [5.41, 5.74) is 7.36. The third-order valence-electron chi connectivity index (χ3n) is 8.18. The second-order valence-corrected chi connectivity index (χ2v) is 13.2. The number of nitrogens with one attached hydrogen (secondary N) is 2. The van der Waals surface area contributed by atoms with Gasteiger partial charge in [0.2, 0.25) is 17.7 Å². The number of halogens is 2. The van der Waals surface area contributed by atoms with E-state index in [1.54, 1.807) is 12.3 Å². The van der Waals surface area contributed by atoms with Crippen LogP contribution in [0.25, 0.3) is 11.1 Å². The summed E-state index contributed by atoms with van der Waals surface area (Å²) in [5.74, 6) is -5.88. The van der Waals surface area contributed by atoms with Crippen LogP contribution in [-0.2, 0) is 30.5 Å². The number of carboxylic acids is 2. The number of carbonyl (C=O) groups excluding carboxylic acids is 3. The zero-order chi connectivity index (χ0) is 37.9. The van der Waals surface area contributed by atoms with E-state index in [1.807, 2.05) is 55.7 Å². The van der Waals surface area contributed by atoms with E-state index >= 15 is 0 Å². The van der Waals surface area contributed by atoms with Crippen molar-refractivity contribution in [1.29, 1.82) is 0 Å². The lowest BCUT2D eigenvalue weighted by atomic mass is 9.82. The predicted octanol–water partition coefficient (Wildman–Crippen LogP) is 3.05. The highest BCUT2D eigenvalue weighted by molar-refractivity contribution is 5.85. The molecule has 0 aliphatic rings. The quantitative estimate of drug-likeness (QED) is 0.115. The normalized spacial score (nSPS) is 13.2. The number of aromatic nitrogens is 1. The van der Waals surface area contributed by atoms with E-state index in [9.17, 15) is 43.0 Å². The molecule has 2 aromatic carbocycles. The van der Waals surface area contributed by atoms with Gasteiger partial charge in [-0.3, -0.25) is 19.2 Å². The minimum Gasteiger partial charge on any atom is -0.481 e. The molecule has 3 aromatic rings. The molecule has 51 heavy (non-hydrogen) atoms. The number of nitrogens with two attached hydrogens (primary N) is 1. The molecule has 7 N–H and O–H groups in total. The summed E-state index contributed by atoms with van der Waals surface area (Å²) >= 11 is 0. The molecule has 2 unspecified atom stereocenters. The van der Waals surface area contributed by atoms with E-state index in [4.69, 9.17) is 10.8 Å². The Morgan fingerprint density at radius 2 is 1.65 bits per heavy atom. The lowest BCUT2D eigenvalue weighted by molar-refractivity contribution is -0.143. The molecule has 0 aliphatic heterocycles. The maximum atomic E-state index is 15.0. The molecule has 0 aliphatic carbocycles. The average Bonchev–Trinajstić information content (AvgIpc) is 3.47. The average molecular weight is 714 g/mol. The van der Waals surface area contributed by atoms with Crippen molar-refractivity contribution >= 4 is 29.7 Å². The van der Waals surface area contributed by atoms with Crippen LogP contribution in [0.5, 0.6) is 0 Å². The number of carbonyl (C=O) groups is 5. The van der Waals surface area contributed by atoms with Gasteiger partial charge in [0, 0.05) is 55.5 Å². The first kappa shape index (κ1) is 40.3. The SMILES string of the molecule is CC(C)(C)C(c1cc(-c2cc(F)ccc2F)cn1Cc1ccccc1)N(CCC(N)C(=O)NCCC(=O)N[C@H](CCC(=O)O)C(=O)O)C(=O)CO. The van der Waals surface area contributed by atoms with Crippen LogP contribution in [0.2, 0.25) is 0 Å². The molecule has 0 bridgehead atoms. The first-order valence-corrected chi connectivity index (χ1v) is 16.4. The van der Waals surface area contributed by atoms with Crippen LogP contribution in [0.4, 0.5) is 8.78 Å². The summed E-state index contributed by atoms with van der Waals surface area (Å²) in [6, 6.07) is 10.9. The van der Waals surface area contributed by atoms with E-state index in [2.05, 4.69) is 10.6 Å². The molecule has 3 rings (SSSR count). The Kier molecular flexibility index (Phi) is 14.4. The summed E-state index contributed by atoms with van der Waals surface area (Å²) in [4.78, 5) is 62.0. The summed E-state index contributed by atoms with van der Waals surface area (Å²) in [5, 5.41) is 32.8. The summed E-state index contributed by atoms with van der Waals surface area (Å²) in [6.45, 7) is 4.84. The number of aliphatic hydroxyl groups is 1. The monoisotopic (exact) mass is 713 g/mol. The number of hydrogen-bond donors (Lipinski definition) is 6. The van der Waals surface area contributed by atoms with Crippen molar-refractivity contribution in [3.05, 3.63) is 83.7 Å². The smallest absolute Gasteiger partial charge is 0.326 e. The molecule has 0 saturated heterocycles. The molecule has 1 heterocycles. The molecule has 13 nitrogen and oxygen atoms in total. The van der Waals surface area contributed by atoms with Crippen molar-refractivity contribution in [2.24, 2.45) is 11.1 Å². The number of aliphatic hydroxyl groups excluding tert-OH is 1. The molecule has 276 valence electrons. The van der Waals surface area contributed by atoms with E-state index in [1.165, 1.54) is 4.90 Å². The molecule has 0 spiro atoms. The zero-order valence-electron chi connectivity index (χ0n) is 28.8. The Hall–Kier alpha value is -5.15. The van der Waals surface area contributed by atoms with Gasteiger partial charge in [-0.2, -0.15) is 0 Å². The number of carboxylic acid groups (broad SMARTS) is 2. The van der Waals surface area contributed by atoms with Crippen LogP contribution in [-0.4, -0.2) is 86.2 Å². The van der Waals surface area contributed by atoms with Crippen LogP contribution in [0.1, 0.15) is 63.8 Å². The fourth-order valence-electron chi connectivity index (χ4n) is 5.73. The Labute approximate surface area is 294 Å². The van der Waals surface area contributed by atoms with Gasteiger partial charge in [0.1, 0.15) is 24.3 Å². The third-order valence-corrected chi connectivity index (χ3v) is 8.18. The number of benzene rings is 2. The van der Waals surface area contributed by atoms with Crippen molar-refractivity contribution in [2.45, 2.75) is 71.1 Å². The minimum absolute atomic E-state index is 0.0295. The van der Waals surface area contributed by atoms with E-state index in [-0.39, 0.29) is 37.9 Å². The van der Waals surface area contributed by atoms with Crippen LogP contribution in [0.3, 0.4) is 0 Å². The standard InChI is InChI=1S/C36H45F2N5O8/c1-36(2,3)33(29-17-23(25-18-24(37)9-10-26(25)38)20-42(29)19-22-7-5-4-6-8-22)43(31(46)21-44)16-14-27(39)34(49)40-15-13-30(45)41-28(35(50)51)11-12-32(47)48/h4-10,17-18,20,27-28,33,44H,11-16,19,21,39H2,1-3H3,(H,40,49)(H,41,45)(H,47,48)(H,50,51)/t27?,28-,33?/m1/s1. The van der Waals surface area contributed by atoms with Crippen LogP contribution < -0.4 is 16.4 Å². The van der Waals surface area contributed by atoms with Gasteiger partial charge in [-0.15, -0.1) is 0 Å². The Morgan fingerprint density at radius 3 is 2.25 bits per heavy atom. The van der Waals surface area contributed by atoms with Gasteiger partial charge in [-0.25, -0.2) is 13.6 Å². The van der Waals surface area contributed by atoms with Crippen LogP contribution in [0, 0.1) is 17.0 Å². The molecule has 0 fully saturated rings. The van der Waals surface area contributed by atoms with Crippen LogP contribution in [0.15, 0.2) is 60.8 Å². The zero-order valence-corrected chi connectivity index (χ0v) is 28.8. The number of aliphatic carboxylic acids is 2. The maximum absolute atomic E-state index is 15.0. The molecule has 1 aromatic heterocycles. The fraction of sp³-hybridized carbons (Fsp3) is 0.417. The van der Waals surface area contributed by atoms with Gasteiger partial charge < -0.3 is 41.2 Å².